The van der Waals surface area contributed by atoms with Crippen LogP contribution >= 0.6 is 11.6 Å². The molecule has 8 nitrogen and oxygen atoms in total. The third kappa shape index (κ3) is 5.54. The lowest BCUT2D eigenvalue weighted by molar-refractivity contribution is 0.0662. The second kappa shape index (κ2) is 10.2. The Hall–Kier alpha value is -2.49. The molecule has 0 atom stereocenters. The van der Waals surface area contributed by atoms with Crippen molar-refractivity contribution in [3.63, 3.8) is 0 Å². The summed E-state index contributed by atoms with van der Waals surface area (Å²) in [5, 5.41) is 0.233. The predicted octanol–water partition coefficient (Wildman–Crippen LogP) is 3.63. The molecule has 1 amide bonds. The van der Waals surface area contributed by atoms with E-state index in [1.54, 1.807) is 17.9 Å². The van der Waals surface area contributed by atoms with Gasteiger partial charge in [0.2, 0.25) is 0 Å². The minimum atomic E-state index is -4.01. The van der Waals surface area contributed by atoms with Gasteiger partial charge in [-0.15, -0.1) is 0 Å². The second-order valence-electron chi connectivity index (χ2n) is 8.26. The normalized spacial score (nSPS) is 14.9. The average molecular weight is 496 g/mol. The smallest absolute Gasteiger partial charge is 0.262 e. The molecule has 1 aliphatic rings. The molecule has 3 rings (SSSR count). The molecular formula is C23H30ClN3O5S. The quantitative estimate of drug-likeness (QED) is 0.631. The van der Waals surface area contributed by atoms with Gasteiger partial charge in [-0.3, -0.25) is 9.52 Å². The Labute approximate surface area is 200 Å². The number of benzene rings is 2. The predicted molar refractivity (Wildman–Crippen MR) is 129 cm³/mol. The standard InChI is InChI=1S/C23H30ClN3O5S/c1-15-6-7-17(12-18(15)23(28)27-10-8-16(9-11-27)26(2)3)33(29,30)25-20-13-19(24)21(31-4)14-22(20)32-5/h6-7,12-14,16,25H,8-11H2,1-5H3. The number of anilines is 1. The summed E-state index contributed by atoms with van der Waals surface area (Å²) in [6.07, 6.45) is 1.77. The monoisotopic (exact) mass is 495 g/mol. The van der Waals surface area contributed by atoms with E-state index in [1.807, 2.05) is 14.1 Å². The molecule has 0 aromatic heterocycles. The Morgan fingerprint density at radius 2 is 1.73 bits per heavy atom. The highest BCUT2D eigenvalue weighted by Gasteiger charge is 2.27. The Morgan fingerprint density at radius 3 is 2.30 bits per heavy atom. The molecule has 2 aromatic rings. The van der Waals surface area contributed by atoms with Gasteiger partial charge in [0.15, 0.2) is 0 Å². The first kappa shape index (κ1) is 25.1. The van der Waals surface area contributed by atoms with Crippen molar-refractivity contribution in [2.45, 2.75) is 30.7 Å². The lowest BCUT2D eigenvalue weighted by Gasteiger charge is -2.35. The topological polar surface area (TPSA) is 88.2 Å². The van der Waals surface area contributed by atoms with Crippen molar-refractivity contribution in [2.24, 2.45) is 0 Å². The summed E-state index contributed by atoms with van der Waals surface area (Å²) in [4.78, 5) is 17.1. The number of hydrogen-bond donors (Lipinski definition) is 1. The molecular weight excluding hydrogens is 466 g/mol. The molecule has 0 unspecified atom stereocenters. The van der Waals surface area contributed by atoms with Crippen LogP contribution in [0.2, 0.25) is 5.02 Å². The van der Waals surface area contributed by atoms with E-state index < -0.39 is 10.0 Å². The lowest BCUT2D eigenvalue weighted by Crippen LogP contribution is -2.44. The average Bonchev–Trinajstić information content (AvgIpc) is 2.78. The van der Waals surface area contributed by atoms with Gasteiger partial charge in [0, 0.05) is 30.8 Å². The van der Waals surface area contributed by atoms with Crippen LogP contribution in [0.1, 0.15) is 28.8 Å². The van der Waals surface area contributed by atoms with Gasteiger partial charge < -0.3 is 19.3 Å². The molecule has 1 aliphatic heterocycles. The van der Waals surface area contributed by atoms with Crippen LogP contribution in [0, 0.1) is 6.92 Å². The number of rotatable bonds is 7. The van der Waals surface area contributed by atoms with Crippen molar-refractivity contribution < 1.29 is 22.7 Å². The molecule has 0 saturated carbocycles. The summed E-state index contributed by atoms with van der Waals surface area (Å²) in [6.45, 7) is 3.08. The van der Waals surface area contributed by atoms with Gasteiger partial charge in [0.25, 0.3) is 15.9 Å². The van der Waals surface area contributed by atoms with Gasteiger partial charge in [-0.1, -0.05) is 17.7 Å². The van der Waals surface area contributed by atoms with E-state index in [2.05, 4.69) is 9.62 Å². The Morgan fingerprint density at radius 1 is 1.09 bits per heavy atom. The fourth-order valence-corrected chi connectivity index (χ4v) is 5.23. The zero-order valence-corrected chi connectivity index (χ0v) is 21.1. The van der Waals surface area contributed by atoms with Crippen LogP contribution in [0.15, 0.2) is 35.2 Å². The number of carbonyl (C=O) groups excluding carboxylic acids is 1. The highest BCUT2D eigenvalue weighted by atomic mass is 35.5. The summed E-state index contributed by atoms with van der Waals surface area (Å²) in [5.41, 5.74) is 1.27. The summed E-state index contributed by atoms with van der Waals surface area (Å²) in [7, 11) is 2.94. The second-order valence-corrected chi connectivity index (χ2v) is 10.3. The van der Waals surface area contributed by atoms with Crippen molar-refractivity contribution in [1.82, 2.24) is 9.80 Å². The Balaban J connectivity index is 1.87. The van der Waals surface area contributed by atoms with Gasteiger partial charge >= 0.3 is 0 Å². The third-order valence-electron chi connectivity index (χ3n) is 5.95. The third-order valence-corrected chi connectivity index (χ3v) is 7.61. The molecule has 0 spiro atoms. The molecule has 1 N–H and O–H groups in total. The largest absolute Gasteiger partial charge is 0.495 e. The number of piperidine rings is 1. The highest BCUT2D eigenvalue weighted by molar-refractivity contribution is 7.92. The van der Waals surface area contributed by atoms with Crippen LogP contribution < -0.4 is 14.2 Å². The van der Waals surface area contributed by atoms with Crippen molar-refractivity contribution in [3.05, 3.63) is 46.5 Å². The van der Waals surface area contributed by atoms with E-state index in [-0.39, 0.29) is 27.3 Å². The number of carbonyl (C=O) groups is 1. The maximum Gasteiger partial charge on any atom is 0.262 e. The molecule has 180 valence electrons. The first-order valence-corrected chi connectivity index (χ1v) is 12.4. The number of likely N-dealkylation sites (tertiary alicyclic amines) is 1. The first-order valence-electron chi connectivity index (χ1n) is 10.6. The Bertz CT molecular complexity index is 1130. The van der Waals surface area contributed by atoms with E-state index in [0.717, 1.165) is 18.4 Å². The minimum Gasteiger partial charge on any atom is -0.495 e. The van der Waals surface area contributed by atoms with Crippen LogP contribution in [0.4, 0.5) is 5.69 Å². The van der Waals surface area contributed by atoms with Gasteiger partial charge in [0.1, 0.15) is 11.5 Å². The van der Waals surface area contributed by atoms with Crippen LogP contribution in [-0.2, 0) is 10.0 Å². The molecule has 1 fully saturated rings. The minimum absolute atomic E-state index is 0.0198. The zero-order chi connectivity index (χ0) is 24.3. The van der Waals surface area contributed by atoms with Crippen LogP contribution in [0.5, 0.6) is 11.5 Å². The Kier molecular flexibility index (Phi) is 7.76. The van der Waals surface area contributed by atoms with Crippen molar-refractivity contribution in [2.75, 3.05) is 46.1 Å². The van der Waals surface area contributed by atoms with E-state index in [1.165, 1.54) is 38.5 Å². The van der Waals surface area contributed by atoms with Crippen LogP contribution in [0.25, 0.3) is 0 Å². The SMILES string of the molecule is COc1cc(OC)c(NS(=O)(=O)c2ccc(C)c(C(=O)N3CCC(N(C)C)CC3)c2)cc1Cl. The number of aryl methyl sites for hydroxylation is 1. The van der Waals surface area contributed by atoms with E-state index >= 15 is 0 Å². The molecule has 2 aromatic carbocycles. The van der Waals surface area contributed by atoms with Gasteiger partial charge in [-0.05, 0) is 57.6 Å². The number of nitrogens with zero attached hydrogens (tertiary/aromatic N) is 2. The summed E-state index contributed by atoms with van der Waals surface area (Å²) in [6, 6.07) is 7.91. The molecule has 0 bridgehead atoms. The molecule has 0 aliphatic carbocycles. The number of methoxy groups -OCH3 is 2. The fraction of sp³-hybridized carbons (Fsp3) is 0.435. The van der Waals surface area contributed by atoms with Crippen molar-refractivity contribution in [3.8, 4) is 11.5 Å². The maximum absolute atomic E-state index is 13.2. The van der Waals surface area contributed by atoms with E-state index in [9.17, 15) is 13.2 Å². The number of hydrogen-bond acceptors (Lipinski definition) is 6. The van der Waals surface area contributed by atoms with E-state index in [4.69, 9.17) is 21.1 Å². The fourth-order valence-electron chi connectivity index (χ4n) is 3.90. The van der Waals surface area contributed by atoms with Crippen LogP contribution in [0.3, 0.4) is 0 Å². The number of halogens is 1. The number of sulfonamides is 1. The molecule has 1 heterocycles. The molecule has 1 saturated heterocycles. The molecule has 10 heteroatoms. The molecule has 0 radical (unpaired) electrons. The summed E-state index contributed by atoms with van der Waals surface area (Å²) in [5.74, 6) is 0.455. The van der Waals surface area contributed by atoms with Gasteiger partial charge in [-0.2, -0.15) is 0 Å². The summed E-state index contributed by atoms with van der Waals surface area (Å²) < 4.78 is 39.2. The zero-order valence-electron chi connectivity index (χ0n) is 19.5. The van der Waals surface area contributed by atoms with Crippen molar-refractivity contribution >= 4 is 33.2 Å². The van der Waals surface area contributed by atoms with Crippen molar-refractivity contribution in [1.29, 1.82) is 0 Å². The van der Waals surface area contributed by atoms with Gasteiger partial charge in [0.05, 0.1) is 29.8 Å². The lowest BCUT2D eigenvalue weighted by atomic mass is 10.0. The maximum atomic E-state index is 13.2. The first-order chi connectivity index (χ1) is 15.6. The number of amides is 1. The summed E-state index contributed by atoms with van der Waals surface area (Å²) >= 11 is 6.17. The highest BCUT2D eigenvalue weighted by Crippen LogP contribution is 2.37. The number of nitrogens with one attached hydrogen (secondary N) is 1. The number of ether oxygens (including phenoxy) is 2. The van der Waals surface area contributed by atoms with Gasteiger partial charge in [-0.25, -0.2) is 8.42 Å². The molecule has 33 heavy (non-hydrogen) atoms. The van der Waals surface area contributed by atoms with Crippen LogP contribution in [-0.4, -0.2) is 71.6 Å². The van der Waals surface area contributed by atoms with E-state index in [0.29, 0.717) is 30.4 Å².